The Bertz CT molecular complexity index is 794. The maximum absolute atomic E-state index is 13.3. The van der Waals surface area contributed by atoms with Crippen LogP contribution in [0.2, 0.25) is 0 Å². The van der Waals surface area contributed by atoms with Crippen LogP contribution in [0.5, 0.6) is 0 Å². The molecule has 0 atom stereocenters. The van der Waals surface area contributed by atoms with E-state index in [1.807, 2.05) is 6.07 Å². The third-order valence-corrected chi connectivity index (χ3v) is 5.85. The van der Waals surface area contributed by atoms with Gasteiger partial charge in [0.2, 0.25) is 0 Å². The Hall–Kier alpha value is -2.40. The van der Waals surface area contributed by atoms with Crippen molar-refractivity contribution in [1.82, 2.24) is 4.90 Å². The van der Waals surface area contributed by atoms with Gasteiger partial charge in [0.05, 0.1) is 5.92 Å². The minimum atomic E-state index is -0.660. The van der Waals surface area contributed by atoms with Crippen LogP contribution in [0.4, 0.5) is 10.1 Å². The fourth-order valence-corrected chi connectivity index (χ4v) is 4.06. The molecule has 0 aliphatic carbocycles. The van der Waals surface area contributed by atoms with E-state index in [0.29, 0.717) is 5.92 Å². The van der Waals surface area contributed by atoms with E-state index in [0.717, 1.165) is 51.3 Å². The summed E-state index contributed by atoms with van der Waals surface area (Å²) in [6, 6.07) is 15.5. The highest BCUT2D eigenvalue weighted by atomic mass is 19.1. The van der Waals surface area contributed by atoms with E-state index in [2.05, 4.69) is 34.1 Å². The van der Waals surface area contributed by atoms with Gasteiger partial charge >= 0.3 is 5.97 Å². The summed E-state index contributed by atoms with van der Waals surface area (Å²) in [5.41, 5.74) is 3.55. The molecular formula is C22H25FN2O2. The van der Waals surface area contributed by atoms with Crippen LogP contribution in [-0.2, 0) is 11.3 Å². The molecule has 2 aromatic rings. The molecule has 2 aromatic carbocycles. The van der Waals surface area contributed by atoms with Crippen LogP contribution in [-0.4, -0.2) is 42.2 Å². The van der Waals surface area contributed by atoms with E-state index in [9.17, 15) is 9.18 Å². The van der Waals surface area contributed by atoms with Crippen molar-refractivity contribution >= 4 is 11.7 Å². The molecule has 4 rings (SSSR count). The third kappa shape index (κ3) is 4.14. The van der Waals surface area contributed by atoms with Crippen LogP contribution in [0.1, 0.15) is 29.9 Å². The molecule has 0 spiro atoms. The van der Waals surface area contributed by atoms with Crippen LogP contribution in [0.3, 0.4) is 0 Å². The Balaban J connectivity index is 1.28. The Kier molecular flexibility index (Phi) is 5.12. The van der Waals surface area contributed by atoms with Gasteiger partial charge in [0, 0.05) is 31.2 Å². The largest absolute Gasteiger partial charge is 0.481 e. The Morgan fingerprint density at radius 2 is 1.78 bits per heavy atom. The molecule has 5 heteroatoms. The lowest BCUT2D eigenvalue weighted by atomic mass is 9.90. The molecule has 2 saturated heterocycles. The molecule has 27 heavy (non-hydrogen) atoms. The number of halogens is 1. The summed E-state index contributed by atoms with van der Waals surface area (Å²) in [5.74, 6) is -0.531. The van der Waals surface area contributed by atoms with E-state index in [1.54, 1.807) is 12.1 Å². The number of piperidine rings is 1. The minimum Gasteiger partial charge on any atom is -0.481 e. The number of rotatable bonds is 5. The molecule has 0 aromatic heterocycles. The van der Waals surface area contributed by atoms with Crippen LogP contribution in [0.15, 0.2) is 48.5 Å². The van der Waals surface area contributed by atoms with E-state index in [-0.39, 0.29) is 11.7 Å². The van der Waals surface area contributed by atoms with Crippen molar-refractivity contribution in [3.8, 4) is 0 Å². The van der Waals surface area contributed by atoms with E-state index >= 15 is 0 Å². The van der Waals surface area contributed by atoms with Gasteiger partial charge in [-0.05, 0) is 55.3 Å². The molecule has 4 nitrogen and oxygen atoms in total. The highest BCUT2D eigenvalue weighted by Gasteiger charge is 2.28. The topological polar surface area (TPSA) is 43.8 Å². The maximum Gasteiger partial charge on any atom is 0.306 e. The molecule has 2 heterocycles. The second-order valence-corrected chi connectivity index (χ2v) is 7.71. The van der Waals surface area contributed by atoms with Gasteiger partial charge in [-0.3, -0.25) is 9.69 Å². The molecular weight excluding hydrogens is 343 g/mol. The standard InChI is InChI=1S/C22H25FN2O2/c23-20-2-1-3-21(12-20)25-14-19(15-25)17-6-4-16(5-7-17)13-24-10-8-18(9-11-24)22(26)27/h1-7,12,18-19H,8-11,13-15H2,(H,26,27). The summed E-state index contributed by atoms with van der Waals surface area (Å²) < 4.78 is 13.3. The number of likely N-dealkylation sites (tertiary alicyclic amines) is 1. The quantitative estimate of drug-likeness (QED) is 0.873. The number of nitrogens with zero attached hydrogens (tertiary/aromatic N) is 2. The number of carboxylic acid groups (broad SMARTS) is 1. The first-order chi connectivity index (χ1) is 13.1. The molecule has 1 N–H and O–H groups in total. The van der Waals surface area contributed by atoms with E-state index in [1.165, 1.54) is 17.2 Å². The minimum absolute atomic E-state index is 0.178. The van der Waals surface area contributed by atoms with Crippen molar-refractivity contribution in [1.29, 1.82) is 0 Å². The van der Waals surface area contributed by atoms with Crippen molar-refractivity contribution in [2.75, 3.05) is 31.1 Å². The summed E-state index contributed by atoms with van der Waals surface area (Å²) >= 11 is 0. The third-order valence-electron chi connectivity index (χ3n) is 5.85. The van der Waals surface area contributed by atoms with Gasteiger partial charge in [-0.25, -0.2) is 4.39 Å². The zero-order chi connectivity index (χ0) is 18.8. The van der Waals surface area contributed by atoms with Gasteiger partial charge < -0.3 is 10.0 Å². The van der Waals surface area contributed by atoms with Gasteiger partial charge in [0.1, 0.15) is 5.82 Å². The molecule has 0 unspecified atom stereocenters. The Labute approximate surface area is 159 Å². The summed E-state index contributed by atoms with van der Waals surface area (Å²) in [4.78, 5) is 15.6. The van der Waals surface area contributed by atoms with Crippen LogP contribution < -0.4 is 4.90 Å². The van der Waals surface area contributed by atoms with Crippen molar-refractivity contribution in [3.63, 3.8) is 0 Å². The molecule has 2 fully saturated rings. The SMILES string of the molecule is O=C(O)C1CCN(Cc2ccc(C3CN(c4cccc(F)c4)C3)cc2)CC1. The lowest BCUT2D eigenvalue weighted by molar-refractivity contribution is -0.143. The summed E-state index contributed by atoms with van der Waals surface area (Å²) in [7, 11) is 0. The van der Waals surface area contributed by atoms with Crippen molar-refractivity contribution in [3.05, 3.63) is 65.5 Å². The predicted molar refractivity (Wildman–Crippen MR) is 103 cm³/mol. The second-order valence-electron chi connectivity index (χ2n) is 7.71. The maximum atomic E-state index is 13.3. The Morgan fingerprint density at radius 1 is 1.07 bits per heavy atom. The Morgan fingerprint density at radius 3 is 2.41 bits per heavy atom. The van der Waals surface area contributed by atoms with Gasteiger partial charge in [-0.2, -0.15) is 0 Å². The number of aliphatic carboxylic acids is 1. The smallest absolute Gasteiger partial charge is 0.306 e. The molecule has 2 aliphatic rings. The number of anilines is 1. The number of hydrogen-bond acceptors (Lipinski definition) is 3. The normalized spacial score (nSPS) is 19.1. The molecule has 2 aliphatic heterocycles. The number of carbonyl (C=O) groups is 1. The van der Waals surface area contributed by atoms with Crippen molar-refractivity contribution in [2.24, 2.45) is 5.92 Å². The first kappa shape index (κ1) is 18.0. The molecule has 0 radical (unpaired) electrons. The fourth-order valence-electron chi connectivity index (χ4n) is 4.06. The molecule has 0 saturated carbocycles. The first-order valence-corrected chi connectivity index (χ1v) is 9.63. The highest BCUT2D eigenvalue weighted by molar-refractivity contribution is 5.70. The lowest BCUT2D eigenvalue weighted by Crippen LogP contribution is -2.45. The fraction of sp³-hybridized carbons (Fsp3) is 0.409. The molecule has 142 valence electrons. The van der Waals surface area contributed by atoms with E-state index in [4.69, 9.17) is 5.11 Å². The summed E-state index contributed by atoms with van der Waals surface area (Å²) in [6.45, 7) is 4.43. The van der Waals surface area contributed by atoms with Crippen LogP contribution in [0.25, 0.3) is 0 Å². The van der Waals surface area contributed by atoms with Crippen molar-refractivity contribution in [2.45, 2.75) is 25.3 Å². The molecule has 0 bridgehead atoms. The highest BCUT2D eigenvalue weighted by Crippen LogP contribution is 2.32. The number of carboxylic acids is 1. The van der Waals surface area contributed by atoms with Gasteiger partial charge in [0.25, 0.3) is 0 Å². The monoisotopic (exact) mass is 368 g/mol. The van der Waals surface area contributed by atoms with Crippen molar-refractivity contribution < 1.29 is 14.3 Å². The summed E-state index contributed by atoms with van der Waals surface area (Å²) in [5, 5.41) is 9.09. The van der Waals surface area contributed by atoms with Crippen LogP contribution in [0, 0.1) is 11.7 Å². The zero-order valence-electron chi connectivity index (χ0n) is 15.4. The first-order valence-electron chi connectivity index (χ1n) is 9.63. The number of hydrogen-bond donors (Lipinski definition) is 1. The van der Waals surface area contributed by atoms with Gasteiger partial charge in [-0.15, -0.1) is 0 Å². The number of benzene rings is 2. The molecule has 0 amide bonds. The lowest BCUT2D eigenvalue weighted by Gasteiger charge is -2.41. The van der Waals surface area contributed by atoms with E-state index < -0.39 is 5.97 Å². The van der Waals surface area contributed by atoms with Crippen LogP contribution >= 0.6 is 0 Å². The average molecular weight is 368 g/mol. The zero-order valence-corrected chi connectivity index (χ0v) is 15.4. The second kappa shape index (κ2) is 7.69. The summed E-state index contributed by atoms with van der Waals surface area (Å²) in [6.07, 6.45) is 1.48. The van der Waals surface area contributed by atoms with Gasteiger partial charge in [0.15, 0.2) is 0 Å². The predicted octanol–water partition coefficient (Wildman–Crippen LogP) is 3.73. The average Bonchev–Trinajstić information content (AvgIpc) is 2.62. The van der Waals surface area contributed by atoms with Gasteiger partial charge in [-0.1, -0.05) is 30.3 Å².